The quantitative estimate of drug-likeness (QED) is 0.798. The van der Waals surface area contributed by atoms with Crippen LogP contribution in [0.25, 0.3) is 0 Å². The number of hydrogen-bond donors (Lipinski definition) is 2. The Morgan fingerprint density at radius 1 is 1.30 bits per heavy atom. The van der Waals surface area contributed by atoms with Gasteiger partial charge < -0.3 is 15.2 Å². The number of ether oxygens (including phenoxy) is 1. The molecule has 5 nitrogen and oxygen atoms in total. The van der Waals surface area contributed by atoms with Crippen molar-refractivity contribution in [1.29, 1.82) is 0 Å². The van der Waals surface area contributed by atoms with Gasteiger partial charge in [-0.3, -0.25) is 4.79 Å². The Morgan fingerprint density at radius 2 is 1.95 bits per heavy atom. The number of carboxylic acid groups (broad SMARTS) is 1. The van der Waals surface area contributed by atoms with E-state index in [9.17, 15) is 9.59 Å². The minimum absolute atomic E-state index is 0.0646. The Morgan fingerprint density at radius 3 is 2.55 bits per heavy atom. The number of nitrogens with one attached hydrogen (secondary N) is 1. The third-order valence-electron chi connectivity index (χ3n) is 3.33. The highest BCUT2D eigenvalue weighted by molar-refractivity contribution is 5.89. The molecule has 0 radical (unpaired) electrons. The predicted octanol–water partition coefficient (Wildman–Crippen LogP) is 1.86. The molecule has 1 amide bonds. The maximum absolute atomic E-state index is 11.8. The molecule has 1 aromatic carbocycles. The van der Waals surface area contributed by atoms with Crippen LogP contribution in [0.1, 0.15) is 36.2 Å². The summed E-state index contributed by atoms with van der Waals surface area (Å²) in [5, 5.41) is 11.9. The van der Waals surface area contributed by atoms with Crippen LogP contribution < -0.4 is 5.32 Å². The third kappa shape index (κ3) is 4.66. The molecule has 0 aliphatic heterocycles. The number of carbonyl (C=O) groups is 2. The number of aromatic carboxylic acids is 1. The van der Waals surface area contributed by atoms with E-state index in [1.165, 1.54) is 0 Å². The van der Waals surface area contributed by atoms with Gasteiger partial charge >= 0.3 is 5.97 Å². The number of amides is 1. The summed E-state index contributed by atoms with van der Waals surface area (Å²) in [4.78, 5) is 22.9. The Bertz CT molecular complexity index is 473. The minimum atomic E-state index is -0.970. The summed E-state index contributed by atoms with van der Waals surface area (Å²) in [6.07, 6.45) is 0.596. The summed E-state index contributed by atoms with van der Waals surface area (Å²) in [6, 6.07) is 6.65. The van der Waals surface area contributed by atoms with Crippen molar-refractivity contribution in [3.8, 4) is 0 Å². The Labute approximate surface area is 118 Å². The molecule has 1 aromatic rings. The molecule has 0 aliphatic rings. The standard InChI is InChI=1S/C15H21NO4/c1-10(11(2)20-3)16-14(17)9-8-12-6-4-5-7-13(12)15(18)19/h4-7,10-11H,8-9H2,1-3H3,(H,16,17)(H,18,19)/t10-,11?/m0/s1. The SMILES string of the molecule is COC(C)[C@H](C)NC(=O)CCc1ccccc1C(=O)O. The zero-order chi connectivity index (χ0) is 15.1. The van der Waals surface area contributed by atoms with E-state index in [-0.39, 0.29) is 30.0 Å². The minimum Gasteiger partial charge on any atom is -0.478 e. The van der Waals surface area contributed by atoms with E-state index in [2.05, 4.69) is 5.32 Å². The lowest BCUT2D eigenvalue weighted by Crippen LogP contribution is -2.40. The summed E-state index contributed by atoms with van der Waals surface area (Å²) in [6.45, 7) is 3.75. The molecule has 0 saturated carbocycles. The average molecular weight is 279 g/mol. The first-order chi connectivity index (χ1) is 9.45. The van der Waals surface area contributed by atoms with Crippen LogP contribution >= 0.6 is 0 Å². The fraction of sp³-hybridized carbons (Fsp3) is 0.467. The number of carboxylic acids is 1. The first-order valence-electron chi connectivity index (χ1n) is 6.59. The Kier molecular flexibility index (Phi) is 6.18. The largest absolute Gasteiger partial charge is 0.478 e. The van der Waals surface area contributed by atoms with Crippen molar-refractivity contribution in [3.63, 3.8) is 0 Å². The van der Waals surface area contributed by atoms with E-state index in [4.69, 9.17) is 9.84 Å². The van der Waals surface area contributed by atoms with Gasteiger partial charge in [-0.25, -0.2) is 4.79 Å². The number of rotatable bonds is 7. The number of methoxy groups -OCH3 is 1. The molecule has 0 saturated heterocycles. The van der Waals surface area contributed by atoms with Crippen molar-refractivity contribution in [2.45, 2.75) is 38.8 Å². The number of carbonyl (C=O) groups excluding carboxylic acids is 1. The van der Waals surface area contributed by atoms with Crippen molar-refractivity contribution >= 4 is 11.9 Å². The molecule has 0 bridgehead atoms. The molecule has 0 aliphatic carbocycles. The van der Waals surface area contributed by atoms with E-state index in [1.54, 1.807) is 31.4 Å². The molecule has 5 heteroatoms. The third-order valence-corrected chi connectivity index (χ3v) is 3.33. The van der Waals surface area contributed by atoms with Gasteiger partial charge in [0.25, 0.3) is 0 Å². The summed E-state index contributed by atoms with van der Waals surface area (Å²) in [7, 11) is 1.59. The van der Waals surface area contributed by atoms with Gasteiger partial charge in [0.15, 0.2) is 0 Å². The molecule has 1 unspecified atom stereocenters. The summed E-state index contributed by atoms with van der Waals surface area (Å²) < 4.78 is 5.13. The van der Waals surface area contributed by atoms with Gasteiger partial charge in [0.05, 0.1) is 17.7 Å². The molecule has 0 spiro atoms. The second kappa shape index (κ2) is 7.65. The molecular formula is C15H21NO4. The molecule has 2 N–H and O–H groups in total. The van der Waals surface area contributed by atoms with Crippen LogP contribution in [0.2, 0.25) is 0 Å². The maximum Gasteiger partial charge on any atom is 0.335 e. The van der Waals surface area contributed by atoms with Gasteiger partial charge in [-0.2, -0.15) is 0 Å². The monoisotopic (exact) mass is 279 g/mol. The Balaban J connectivity index is 2.55. The second-order valence-corrected chi connectivity index (χ2v) is 4.76. The van der Waals surface area contributed by atoms with Crippen LogP contribution in [-0.4, -0.2) is 36.2 Å². The van der Waals surface area contributed by atoms with Gasteiger partial charge in [-0.05, 0) is 31.9 Å². The van der Waals surface area contributed by atoms with Crippen molar-refractivity contribution in [2.24, 2.45) is 0 Å². The van der Waals surface area contributed by atoms with Crippen LogP contribution in [0.15, 0.2) is 24.3 Å². The Hall–Kier alpha value is -1.88. The van der Waals surface area contributed by atoms with E-state index in [1.807, 2.05) is 13.8 Å². The second-order valence-electron chi connectivity index (χ2n) is 4.76. The van der Waals surface area contributed by atoms with E-state index in [0.29, 0.717) is 12.0 Å². The molecule has 0 heterocycles. The van der Waals surface area contributed by atoms with Crippen LogP contribution in [0.3, 0.4) is 0 Å². The first kappa shape index (κ1) is 16.2. The lowest BCUT2D eigenvalue weighted by molar-refractivity contribution is -0.122. The predicted molar refractivity (Wildman–Crippen MR) is 75.8 cm³/mol. The van der Waals surface area contributed by atoms with Gasteiger partial charge in [0, 0.05) is 13.5 Å². The molecule has 0 fully saturated rings. The van der Waals surface area contributed by atoms with Crippen LogP contribution in [0.5, 0.6) is 0 Å². The van der Waals surface area contributed by atoms with Gasteiger partial charge in [-0.15, -0.1) is 0 Å². The van der Waals surface area contributed by atoms with E-state index in [0.717, 1.165) is 0 Å². The van der Waals surface area contributed by atoms with Crippen LogP contribution in [-0.2, 0) is 16.0 Å². The number of hydrogen-bond acceptors (Lipinski definition) is 3. The smallest absolute Gasteiger partial charge is 0.335 e. The fourth-order valence-corrected chi connectivity index (χ4v) is 1.84. The lowest BCUT2D eigenvalue weighted by atomic mass is 10.0. The summed E-state index contributed by atoms with van der Waals surface area (Å²) >= 11 is 0. The topological polar surface area (TPSA) is 75.6 Å². The highest BCUT2D eigenvalue weighted by Crippen LogP contribution is 2.11. The van der Waals surface area contributed by atoms with E-state index >= 15 is 0 Å². The van der Waals surface area contributed by atoms with Gasteiger partial charge in [0.1, 0.15) is 0 Å². The van der Waals surface area contributed by atoms with Crippen molar-refractivity contribution < 1.29 is 19.4 Å². The zero-order valence-electron chi connectivity index (χ0n) is 12.1. The molecular weight excluding hydrogens is 258 g/mol. The highest BCUT2D eigenvalue weighted by Gasteiger charge is 2.15. The first-order valence-corrected chi connectivity index (χ1v) is 6.59. The molecule has 2 atom stereocenters. The summed E-state index contributed by atoms with van der Waals surface area (Å²) in [5.41, 5.74) is 0.918. The zero-order valence-corrected chi connectivity index (χ0v) is 12.1. The molecule has 20 heavy (non-hydrogen) atoms. The maximum atomic E-state index is 11.8. The average Bonchev–Trinajstić information content (AvgIpc) is 2.44. The fourth-order valence-electron chi connectivity index (χ4n) is 1.84. The van der Waals surface area contributed by atoms with Crippen molar-refractivity contribution in [2.75, 3.05) is 7.11 Å². The lowest BCUT2D eigenvalue weighted by Gasteiger charge is -2.19. The van der Waals surface area contributed by atoms with Gasteiger partial charge in [0.2, 0.25) is 5.91 Å². The summed E-state index contributed by atoms with van der Waals surface area (Å²) in [5.74, 6) is -1.08. The molecule has 110 valence electrons. The number of benzene rings is 1. The van der Waals surface area contributed by atoms with Crippen LogP contribution in [0.4, 0.5) is 0 Å². The van der Waals surface area contributed by atoms with Gasteiger partial charge in [-0.1, -0.05) is 18.2 Å². The highest BCUT2D eigenvalue weighted by atomic mass is 16.5. The number of aryl methyl sites for hydroxylation is 1. The van der Waals surface area contributed by atoms with E-state index < -0.39 is 5.97 Å². The normalized spacial score (nSPS) is 13.6. The van der Waals surface area contributed by atoms with Crippen molar-refractivity contribution in [3.05, 3.63) is 35.4 Å². The molecule has 1 rings (SSSR count). The van der Waals surface area contributed by atoms with Crippen molar-refractivity contribution in [1.82, 2.24) is 5.32 Å². The van der Waals surface area contributed by atoms with Crippen LogP contribution in [0, 0.1) is 0 Å². The molecule has 0 aromatic heterocycles.